The summed E-state index contributed by atoms with van der Waals surface area (Å²) in [5.41, 5.74) is -0.659. The number of methoxy groups -OCH3 is 1. The number of fused-ring (bicyclic) bond motifs is 2. The molecule has 1 N–H and O–H groups in total. The number of nitrogens with one attached hydrogen (secondary N) is 1. The minimum atomic E-state index is -4.51. The minimum absolute atomic E-state index is 0.0306. The first-order valence-electron chi connectivity index (χ1n) is 14.8. The molecule has 4 heterocycles. The van der Waals surface area contributed by atoms with E-state index in [2.05, 4.69) is 10.3 Å². The zero-order valence-electron chi connectivity index (χ0n) is 24.1. The Morgan fingerprint density at radius 2 is 2.02 bits per heavy atom. The van der Waals surface area contributed by atoms with Crippen molar-refractivity contribution in [1.82, 2.24) is 20.1 Å². The van der Waals surface area contributed by atoms with E-state index in [4.69, 9.17) is 14.2 Å². The molecule has 43 heavy (non-hydrogen) atoms. The lowest BCUT2D eigenvalue weighted by atomic mass is 9.78. The fraction of sp³-hybridized carbons (Fsp3) is 0.581. The van der Waals surface area contributed by atoms with Gasteiger partial charge >= 0.3 is 6.18 Å². The van der Waals surface area contributed by atoms with Crippen molar-refractivity contribution in [2.24, 2.45) is 11.3 Å². The SMILES string of the molecule is CO[C@@H]1COCC[C@@H]1N[C@@H]1C[C@H]2CN(C(=O)COc3ccccc3)C[C@@]2(C(=O)N2CCc3ncc(C(F)(F)F)cc3C2)C1. The molecule has 2 saturated heterocycles. The van der Waals surface area contributed by atoms with Crippen LogP contribution < -0.4 is 10.1 Å². The van der Waals surface area contributed by atoms with Crippen LogP contribution in [-0.2, 0) is 38.2 Å². The second-order valence-electron chi connectivity index (χ2n) is 12.1. The Labute approximate surface area is 248 Å². The molecule has 12 heteroatoms. The summed E-state index contributed by atoms with van der Waals surface area (Å²) in [5.74, 6) is 0.189. The van der Waals surface area contributed by atoms with Gasteiger partial charge in [-0.1, -0.05) is 18.2 Å². The maximum atomic E-state index is 14.4. The molecule has 0 spiro atoms. The number of carbonyl (C=O) groups excluding carboxylic acids is 2. The smallest absolute Gasteiger partial charge is 0.417 e. The van der Waals surface area contributed by atoms with Gasteiger partial charge in [-0.15, -0.1) is 0 Å². The number of halogens is 3. The number of amides is 2. The molecule has 3 fully saturated rings. The van der Waals surface area contributed by atoms with Crippen LogP contribution in [0.5, 0.6) is 5.75 Å². The molecule has 1 aromatic heterocycles. The molecule has 5 atom stereocenters. The Hall–Kier alpha value is -3.22. The van der Waals surface area contributed by atoms with Crippen molar-refractivity contribution < 1.29 is 37.0 Å². The summed E-state index contributed by atoms with van der Waals surface area (Å²) >= 11 is 0. The van der Waals surface area contributed by atoms with Crippen LogP contribution in [0.1, 0.15) is 36.1 Å². The molecule has 4 aliphatic rings. The van der Waals surface area contributed by atoms with Crippen LogP contribution >= 0.6 is 0 Å². The van der Waals surface area contributed by atoms with Gasteiger partial charge in [-0.2, -0.15) is 13.2 Å². The third-order valence-corrected chi connectivity index (χ3v) is 9.47. The van der Waals surface area contributed by atoms with Gasteiger partial charge in [0.15, 0.2) is 6.61 Å². The number of pyridine rings is 1. The average Bonchev–Trinajstić information content (AvgIpc) is 3.54. The van der Waals surface area contributed by atoms with Crippen LogP contribution in [0, 0.1) is 11.3 Å². The van der Waals surface area contributed by atoms with Gasteiger partial charge in [-0.25, -0.2) is 0 Å². The molecule has 0 radical (unpaired) electrons. The van der Waals surface area contributed by atoms with Crippen LogP contribution in [0.3, 0.4) is 0 Å². The van der Waals surface area contributed by atoms with Gasteiger partial charge in [-0.3, -0.25) is 14.6 Å². The number of benzene rings is 1. The largest absolute Gasteiger partial charge is 0.484 e. The van der Waals surface area contributed by atoms with Gasteiger partial charge in [0.2, 0.25) is 5.91 Å². The second-order valence-corrected chi connectivity index (χ2v) is 12.1. The van der Waals surface area contributed by atoms with Crippen molar-refractivity contribution in [2.45, 2.75) is 56.6 Å². The third kappa shape index (κ3) is 6.09. The molecule has 2 amide bonds. The van der Waals surface area contributed by atoms with E-state index in [9.17, 15) is 22.8 Å². The lowest BCUT2D eigenvalue weighted by Crippen LogP contribution is -2.52. The first kappa shape index (κ1) is 29.8. The average molecular weight is 603 g/mol. The van der Waals surface area contributed by atoms with Gasteiger partial charge < -0.3 is 29.3 Å². The van der Waals surface area contributed by atoms with Crippen LogP contribution in [0.25, 0.3) is 0 Å². The van der Waals surface area contributed by atoms with E-state index >= 15 is 0 Å². The fourth-order valence-electron chi connectivity index (χ4n) is 7.28. The van der Waals surface area contributed by atoms with E-state index in [1.165, 1.54) is 0 Å². The van der Waals surface area contributed by atoms with Crippen molar-refractivity contribution >= 4 is 11.8 Å². The molecule has 1 saturated carbocycles. The molecule has 0 bridgehead atoms. The number of hydrogen-bond acceptors (Lipinski definition) is 7. The van der Waals surface area contributed by atoms with E-state index in [0.29, 0.717) is 62.6 Å². The Bertz CT molecular complexity index is 1330. The summed E-state index contributed by atoms with van der Waals surface area (Å²) in [5, 5.41) is 3.72. The molecule has 0 unspecified atom stereocenters. The lowest BCUT2D eigenvalue weighted by Gasteiger charge is -2.37. The van der Waals surface area contributed by atoms with E-state index in [0.717, 1.165) is 18.7 Å². The Morgan fingerprint density at radius 1 is 1.21 bits per heavy atom. The summed E-state index contributed by atoms with van der Waals surface area (Å²) in [6.45, 7) is 2.09. The van der Waals surface area contributed by atoms with Crippen molar-refractivity contribution in [2.75, 3.05) is 46.6 Å². The van der Waals surface area contributed by atoms with Gasteiger partial charge in [0, 0.05) is 70.3 Å². The summed E-state index contributed by atoms with van der Waals surface area (Å²) in [6, 6.07) is 10.3. The highest BCUT2D eigenvalue weighted by Gasteiger charge is 2.59. The summed E-state index contributed by atoms with van der Waals surface area (Å²) in [6.07, 6.45) is -1.35. The van der Waals surface area contributed by atoms with E-state index < -0.39 is 17.2 Å². The molecular weight excluding hydrogens is 565 g/mol. The summed E-state index contributed by atoms with van der Waals surface area (Å²) in [4.78, 5) is 35.2. The van der Waals surface area contributed by atoms with Crippen LogP contribution in [0.15, 0.2) is 42.6 Å². The molecule has 9 nitrogen and oxygen atoms in total. The van der Waals surface area contributed by atoms with Crippen molar-refractivity contribution in [1.29, 1.82) is 0 Å². The number of nitrogens with zero attached hydrogens (tertiary/aromatic N) is 3. The van der Waals surface area contributed by atoms with Crippen molar-refractivity contribution in [3.05, 3.63) is 59.4 Å². The third-order valence-electron chi connectivity index (χ3n) is 9.47. The number of para-hydroxylation sites is 1. The Kier molecular flexibility index (Phi) is 8.36. The highest BCUT2D eigenvalue weighted by molar-refractivity contribution is 5.87. The molecule has 6 rings (SSSR count). The van der Waals surface area contributed by atoms with Crippen LogP contribution in [0.4, 0.5) is 13.2 Å². The number of carbonyl (C=O) groups is 2. The Morgan fingerprint density at radius 3 is 2.79 bits per heavy atom. The number of likely N-dealkylation sites (tertiary alicyclic amines) is 1. The maximum Gasteiger partial charge on any atom is 0.417 e. The molecule has 3 aliphatic heterocycles. The number of rotatable bonds is 7. The molecule has 2 aromatic rings. The van der Waals surface area contributed by atoms with Gasteiger partial charge in [0.1, 0.15) is 5.75 Å². The zero-order chi connectivity index (χ0) is 30.2. The topological polar surface area (TPSA) is 93.2 Å². The normalized spacial score (nSPS) is 28.8. The maximum absolute atomic E-state index is 14.4. The van der Waals surface area contributed by atoms with Gasteiger partial charge in [0.05, 0.1) is 23.7 Å². The van der Waals surface area contributed by atoms with Crippen LogP contribution in [0.2, 0.25) is 0 Å². The number of ether oxygens (including phenoxy) is 3. The van der Waals surface area contributed by atoms with Gasteiger partial charge in [-0.05, 0) is 48.9 Å². The van der Waals surface area contributed by atoms with Gasteiger partial charge in [0.25, 0.3) is 5.91 Å². The molecule has 1 aliphatic carbocycles. The number of aromatic nitrogens is 1. The zero-order valence-corrected chi connectivity index (χ0v) is 24.1. The molecular formula is C31H37F3N4O5. The van der Waals surface area contributed by atoms with Crippen molar-refractivity contribution in [3.63, 3.8) is 0 Å². The predicted molar refractivity (Wildman–Crippen MR) is 149 cm³/mol. The molecule has 232 valence electrons. The monoisotopic (exact) mass is 602 g/mol. The number of hydrogen-bond donors (Lipinski definition) is 1. The number of alkyl halides is 3. The fourth-order valence-corrected chi connectivity index (χ4v) is 7.28. The highest BCUT2D eigenvalue weighted by atomic mass is 19.4. The van der Waals surface area contributed by atoms with E-state index in [1.807, 2.05) is 18.2 Å². The second kappa shape index (κ2) is 12.0. The van der Waals surface area contributed by atoms with E-state index in [1.54, 1.807) is 29.0 Å². The Balaban J connectivity index is 1.21. The first-order valence-corrected chi connectivity index (χ1v) is 14.8. The van der Waals surface area contributed by atoms with E-state index in [-0.39, 0.29) is 55.6 Å². The van der Waals surface area contributed by atoms with Crippen LogP contribution in [-0.4, -0.2) is 91.4 Å². The lowest BCUT2D eigenvalue weighted by molar-refractivity contribution is -0.144. The minimum Gasteiger partial charge on any atom is -0.484 e. The summed E-state index contributed by atoms with van der Waals surface area (Å²) in [7, 11) is 1.66. The summed E-state index contributed by atoms with van der Waals surface area (Å²) < 4.78 is 57.2. The quantitative estimate of drug-likeness (QED) is 0.521. The molecule has 1 aromatic carbocycles. The predicted octanol–water partition coefficient (Wildman–Crippen LogP) is 3.06. The first-order chi connectivity index (χ1) is 20.7. The standard InChI is InChI=1S/C31H37F3N4O5/c1-41-27-17-42-10-8-26(27)36-23-12-22-16-38(28(39)18-43-24-5-3-2-4-6-24)19-30(22,13-23)29(40)37-9-7-25-20(15-37)11-21(14-35-25)31(32,33)34/h2-6,11,14,22-23,26-27,36H,7-10,12-13,15-19H2,1H3/t22-,23+,26-,27+,30-/m0/s1. The van der Waals surface area contributed by atoms with Crippen molar-refractivity contribution in [3.8, 4) is 5.75 Å². The highest BCUT2D eigenvalue weighted by Crippen LogP contribution is 2.51.